The van der Waals surface area contributed by atoms with Gasteiger partial charge in [-0.2, -0.15) is 0 Å². The summed E-state index contributed by atoms with van der Waals surface area (Å²) in [6.45, 7) is 7.41. The van der Waals surface area contributed by atoms with Crippen LogP contribution >= 0.6 is 0 Å². The minimum absolute atomic E-state index is 0.191. The molecule has 6 N–H and O–H groups in total. The van der Waals surface area contributed by atoms with E-state index in [1.165, 1.54) is 0 Å². The summed E-state index contributed by atoms with van der Waals surface area (Å²) in [6.07, 6.45) is 0.998. The quantitative estimate of drug-likeness (QED) is 0.513. The maximum atomic E-state index is 10.4. The molecule has 1 unspecified atom stereocenters. The Morgan fingerprint density at radius 1 is 1.11 bits per heavy atom. The molecule has 6 nitrogen and oxygen atoms in total. The van der Waals surface area contributed by atoms with E-state index < -0.39 is 20.0 Å². The van der Waals surface area contributed by atoms with Crippen LogP contribution in [0.1, 0.15) is 19.3 Å². The average molecular weight is 278 g/mol. The standard InChI is InChI=1S/C7H17NO2Si.C4H9NO2/c1-11(2,3)6(5-8)4-7(9)10;5-3-1-2-4(6)7/h6H,4-5,8H2,1-3H3,(H,9,10);1-3,5H2,(H,6,7). The van der Waals surface area contributed by atoms with Crippen LogP contribution in [0.3, 0.4) is 0 Å². The summed E-state index contributed by atoms with van der Waals surface area (Å²) in [5.41, 5.74) is 10.7. The number of carboxylic acids is 2. The van der Waals surface area contributed by atoms with E-state index in [0.29, 0.717) is 19.5 Å². The number of hydrogen-bond donors (Lipinski definition) is 4. The van der Waals surface area contributed by atoms with E-state index in [1.807, 2.05) is 0 Å². The van der Waals surface area contributed by atoms with Crippen LogP contribution in [0.2, 0.25) is 25.2 Å². The van der Waals surface area contributed by atoms with Crippen LogP contribution in [0.15, 0.2) is 0 Å². The van der Waals surface area contributed by atoms with Crippen LogP contribution < -0.4 is 11.5 Å². The molecule has 0 saturated carbocycles. The van der Waals surface area contributed by atoms with E-state index in [1.54, 1.807) is 0 Å². The SMILES string of the molecule is C[Si](C)(C)C(CN)CC(=O)O.NCCCC(=O)O. The molecule has 0 aliphatic rings. The van der Waals surface area contributed by atoms with Crippen LogP contribution in [0, 0.1) is 0 Å². The summed E-state index contributed by atoms with van der Waals surface area (Å²) in [4.78, 5) is 20.1. The second kappa shape index (κ2) is 10.0. The molecule has 0 aliphatic heterocycles. The number of carbonyl (C=O) groups is 2. The zero-order valence-corrected chi connectivity index (χ0v) is 12.5. The first-order valence-electron chi connectivity index (χ1n) is 5.98. The molecule has 1 atom stereocenters. The van der Waals surface area contributed by atoms with E-state index in [-0.39, 0.29) is 18.4 Å². The Balaban J connectivity index is 0. The highest BCUT2D eigenvalue weighted by molar-refractivity contribution is 6.77. The van der Waals surface area contributed by atoms with Crippen molar-refractivity contribution in [3.8, 4) is 0 Å². The van der Waals surface area contributed by atoms with Crippen molar-refractivity contribution in [2.45, 2.75) is 44.4 Å². The molecule has 108 valence electrons. The van der Waals surface area contributed by atoms with E-state index in [2.05, 4.69) is 19.6 Å². The molecule has 0 aromatic carbocycles. The van der Waals surface area contributed by atoms with Crippen molar-refractivity contribution < 1.29 is 19.8 Å². The van der Waals surface area contributed by atoms with E-state index in [0.717, 1.165) is 0 Å². The Morgan fingerprint density at radius 3 is 1.72 bits per heavy atom. The van der Waals surface area contributed by atoms with Crippen LogP contribution in [0.5, 0.6) is 0 Å². The number of aliphatic carboxylic acids is 2. The Kier molecular flexibility index (Phi) is 10.8. The lowest BCUT2D eigenvalue weighted by Gasteiger charge is -2.25. The van der Waals surface area contributed by atoms with Crippen molar-refractivity contribution >= 4 is 20.0 Å². The van der Waals surface area contributed by atoms with Crippen LogP contribution in [-0.4, -0.2) is 43.3 Å². The maximum Gasteiger partial charge on any atom is 0.303 e. The summed E-state index contributed by atoms with van der Waals surface area (Å²) in [6, 6.07) is 0. The van der Waals surface area contributed by atoms with Crippen LogP contribution in [0.25, 0.3) is 0 Å². The predicted molar refractivity (Wildman–Crippen MR) is 74.3 cm³/mol. The van der Waals surface area contributed by atoms with Crippen LogP contribution in [0.4, 0.5) is 0 Å². The average Bonchev–Trinajstić information content (AvgIpc) is 2.22. The Bertz CT molecular complexity index is 254. The Morgan fingerprint density at radius 2 is 1.61 bits per heavy atom. The fourth-order valence-electron chi connectivity index (χ4n) is 1.21. The minimum atomic E-state index is -1.36. The summed E-state index contributed by atoms with van der Waals surface area (Å²) in [5, 5.41) is 16.5. The first kappa shape index (κ1) is 19.4. The maximum absolute atomic E-state index is 10.4. The second-order valence-electron chi connectivity index (χ2n) is 5.18. The van der Waals surface area contributed by atoms with Gasteiger partial charge in [-0.3, -0.25) is 9.59 Å². The van der Waals surface area contributed by atoms with Gasteiger partial charge in [0.2, 0.25) is 0 Å². The molecule has 18 heavy (non-hydrogen) atoms. The number of rotatable bonds is 7. The van der Waals surface area contributed by atoms with Gasteiger partial charge in [0.15, 0.2) is 0 Å². The molecule has 7 heteroatoms. The van der Waals surface area contributed by atoms with Crippen molar-refractivity contribution in [2.75, 3.05) is 13.1 Å². The first-order valence-corrected chi connectivity index (χ1v) is 9.56. The van der Waals surface area contributed by atoms with Gasteiger partial charge in [-0.05, 0) is 25.1 Å². The number of carboxylic acid groups (broad SMARTS) is 2. The summed E-state index contributed by atoms with van der Waals surface area (Å²) < 4.78 is 0. The highest BCUT2D eigenvalue weighted by Gasteiger charge is 2.27. The van der Waals surface area contributed by atoms with E-state index >= 15 is 0 Å². The predicted octanol–water partition coefficient (Wildman–Crippen LogP) is 0.938. The van der Waals surface area contributed by atoms with Gasteiger partial charge in [-0.15, -0.1) is 0 Å². The largest absolute Gasteiger partial charge is 0.481 e. The van der Waals surface area contributed by atoms with Gasteiger partial charge in [0.1, 0.15) is 0 Å². The topological polar surface area (TPSA) is 127 Å². The van der Waals surface area contributed by atoms with Crippen molar-refractivity contribution in [1.82, 2.24) is 0 Å². The Hall–Kier alpha value is -0.923. The zero-order valence-electron chi connectivity index (χ0n) is 11.5. The lowest BCUT2D eigenvalue weighted by molar-refractivity contribution is -0.138. The Labute approximate surface area is 109 Å². The summed E-state index contributed by atoms with van der Waals surface area (Å²) in [7, 11) is -1.36. The lowest BCUT2D eigenvalue weighted by atomic mass is 10.3. The van der Waals surface area contributed by atoms with Gasteiger partial charge >= 0.3 is 11.9 Å². The summed E-state index contributed by atoms with van der Waals surface area (Å²) >= 11 is 0. The van der Waals surface area contributed by atoms with Gasteiger partial charge in [0.05, 0.1) is 0 Å². The fourth-order valence-corrected chi connectivity index (χ4v) is 2.70. The summed E-state index contributed by atoms with van der Waals surface area (Å²) in [5.74, 6) is -1.51. The van der Waals surface area contributed by atoms with Crippen molar-refractivity contribution in [2.24, 2.45) is 11.5 Å². The number of hydrogen-bond acceptors (Lipinski definition) is 4. The van der Waals surface area contributed by atoms with Gasteiger partial charge < -0.3 is 21.7 Å². The molecule has 0 rings (SSSR count). The molecule has 0 saturated heterocycles. The second-order valence-corrected chi connectivity index (χ2v) is 10.7. The van der Waals surface area contributed by atoms with Gasteiger partial charge in [0, 0.05) is 20.9 Å². The van der Waals surface area contributed by atoms with Gasteiger partial charge in [-0.25, -0.2) is 0 Å². The molecule has 0 aromatic rings. The lowest BCUT2D eigenvalue weighted by Crippen LogP contribution is -2.34. The minimum Gasteiger partial charge on any atom is -0.481 e. The fraction of sp³-hybridized carbons (Fsp3) is 0.818. The van der Waals surface area contributed by atoms with Gasteiger partial charge in [-0.1, -0.05) is 19.6 Å². The molecule has 0 heterocycles. The van der Waals surface area contributed by atoms with Crippen molar-refractivity contribution in [3.05, 3.63) is 0 Å². The zero-order chi connectivity index (χ0) is 14.8. The van der Waals surface area contributed by atoms with Gasteiger partial charge in [0.25, 0.3) is 0 Å². The first-order chi connectivity index (χ1) is 8.15. The van der Waals surface area contributed by atoms with Crippen molar-refractivity contribution in [3.63, 3.8) is 0 Å². The molecule has 0 fully saturated rings. The van der Waals surface area contributed by atoms with Crippen LogP contribution in [-0.2, 0) is 9.59 Å². The van der Waals surface area contributed by atoms with E-state index in [9.17, 15) is 9.59 Å². The smallest absolute Gasteiger partial charge is 0.303 e. The molecular weight excluding hydrogens is 252 g/mol. The molecular formula is C11H26N2O4Si. The molecule has 0 amide bonds. The number of nitrogens with two attached hydrogens (primary N) is 2. The monoisotopic (exact) mass is 278 g/mol. The molecule has 0 radical (unpaired) electrons. The molecule has 0 bridgehead atoms. The highest BCUT2D eigenvalue weighted by atomic mass is 28.3. The normalized spacial score (nSPS) is 12.3. The van der Waals surface area contributed by atoms with E-state index in [4.69, 9.17) is 21.7 Å². The third-order valence-electron chi connectivity index (χ3n) is 2.53. The van der Waals surface area contributed by atoms with Crippen molar-refractivity contribution in [1.29, 1.82) is 0 Å². The molecule has 0 aromatic heterocycles. The molecule has 0 aliphatic carbocycles. The third-order valence-corrected chi connectivity index (χ3v) is 5.41. The molecule has 0 spiro atoms. The third kappa shape index (κ3) is 13.1. The highest BCUT2D eigenvalue weighted by Crippen LogP contribution is 2.23.